The maximum atomic E-state index is 12.6. The summed E-state index contributed by atoms with van der Waals surface area (Å²) >= 11 is 5.92. The fourth-order valence-electron chi connectivity index (χ4n) is 3.25. The van der Waals surface area contributed by atoms with Crippen LogP contribution in [-0.4, -0.2) is 61.4 Å². The molecule has 2 aliphatic rings. The molecule has 2 heterocycles. The van der Waals surface area contributed by atoms with Crippen molar-refractivity contribution in [3.05, 3.63) is 29.3 Å². The van der Waals surface area contributed by atoms with Crippen molar-refractivity contribution in [1.82, 2.24) is 9.80 Å². The molecule has 0 aromatic heterocycles. The van der Waals surface area contributed by atoms with Crippen LogP contribution in [0.3, 0.4) is 0 Å². The Morgan fingerprint density at radius 3 is 2.35 bits per heavy atom. The third kappa shape index (κ3) is 3.61. The molecular formula is C17H22ClN3O2. The Morgan fingerprint density at radius 2 is 1.74 bits per heavy atom. The lowest BCUT2D eigenvalue weighted by Gasteiger charge is -2.38. The van der Waals surface area contributed by atoms with Gasteiger partial charge in [0.25, 0.3) is 0 Å². The number of piperidine rings is 1. The SMILES string of the molecule is CN1CCC(C(=O)N2CCN(c3ccc(Cl)cc3)CC2)CC1=O. The monoisotopic (exact) mass is 335 g/mol. The maximum Gasteiger partial charge on any atom is 0.226 e. The van der Waals surface area contributed by atoms with E-state index in [1.54, 1.807) is 11.9 Å². The molecule has 2 saturated heterocycles. The molecule has 0 aliphatic carbocycles. The van der Waals surface area contributed by atoms with Crippen molar-refractivity contribution >= 4 is 29.1 Å². The summed E-state index contributed by atoms with van der Waals surface area (Å²) in [5.41, 5.74) is 1.14. The van der Waals surface area contributed by atoms with E-state index in [1.807, 2.05) is 29.2 Å². The first-order chi connectivity index (χ1) is 11.0. The van der Waals surface area contributed by atoms with E-state index in [9.17, 15) is 9.59 Å². The molecule has 2 aliphatic heterocycles. The number of carbonyl (C=O) groups excluding carboxylic acids is 2. The number of hydrogen-bond donors (Lipinski definition) is 0. The van der Waals surface area contributed by atoms with Crippen molar-refractivity contribution in [2.24, 2.45) is 5.92 Å². The number of nitrogens with zero attached hydrogens (tertiary/aromatic N) is 3. The van der Waals surface area contributed by atoms with E-state index in [4.69, 9.17) is 11.6 Å². The molecule has 2 amide bonds. The minimum Gasteiger partial charge on any atom is -0.368 e. The third-order valence-corrected chi connectivity index (χ3v) is 5.04. The number of anilines is 1. The molecule has 1 aromatic rings. The first kappa shape index (κ1) is 16.1. The summed E-state index contributed by atoms with van der Waals surface area (Å²) in [5, 5.41) is 0.731. The summed E-state index contributed by atoms with van der Waals surface area (Å²) in [6, 6.07) is 7.79. The Bertz CT molecular complexity index is 582. The number of carbonyl (C=O) groups is 2. The van der Waals surface area contributed by atoms with Crippen molar-refractivity contribution in [3.63, 3.8) is 0 Å². The zero-order valence-corrected chi connectivity index (χ0v) is 14.1. The summed E-state index contributed by atoms with van der Waals surface area (Å²) in [4.78, 5) is 30.3. The van der Waals surface area contributed by atoms with Crippen LogP contribution < -0.4 is 4.90 Å². The van der Waals surface area contributed by atoms with Gasteiger partial charge in [-0.3, -0.25) is 9.59 Å². The Balaban J connectivity index is 1.55. The molecule has 1 atom stereocenters. The first-order valence-corrected chi connectivity index (χ1v) is 8.45. The summed E-state index contributed by atoms with van der Waals surface area (Å²) in [6.45, 7) is 3.73. The molecule has 5 nitrogen and oxygen atoms in total. The highest BCUT2D eigenvalue weighted by Crippen LogP contribution is 2.23. The van der Waals surface area contributed by atoms with Crippen LogP contribution in [0.1, 0.15) is 12.8 Å². The smallest absolute Gasteiger partial charge is 0.226 e. The Labute approximate surface area is 141 Å². The van der Waals surface area contributed by atoms with Gasteiger partial charge in [-0.2, -0.15) is 0 Å². The molecule has 1 aromatic carbocycles. The fraction of sp³-hybridized carbons (Fsp3) is 0.529. The second kappa shape index (κ2) is 6.79. The van der Waals surface area contributed by atoms with Crippen molar-refractivity contribution < 1.29 is 9.59 Å². The minimum absolute atomic E-state index is 0.0781. The number of piperazine rings is 1. The average molecular weight is 336 g/mol. The summed E-state index contributed by atoms with van der Waals surface area (Å²) in [5.74, 6) is 0.0809. The lowest BCUT2D eigenvalue weighted by atomic mass is 9.94. The predicted octanol–water partition coefficient (Wildman–Crippen LogP) is 1.86. The van der Waals surface area contributed by atoms with Gasteiger partial charge in [-0.25, -0.2) is 0 Å². The quantitative estimate of drug-likeness (QED) is 0.828. The molecule has 2 fully saturated rings. The Kier molecular flexibility index (Phi) is 4.76. The van der Waals surface area contributed by atoms with Crippen LogP contribution in [-0.2, 0) is 9.59 Å². The van der Waals surface area contributed by atoms with E-state index in [-0.39, 0.29) is 17.7 Å². The van der Waals surface area contributed by atoms with Gasteiger partial charge >= 0.3 is 0 Å². The van der Waals surface area contributed by atoms with Crippen LogP contribution >= 0.6 is 11.6 Å². The number of benzene rings is 1. The van der Waals surface area contributed by atoms with Crippen molar-refractivity contribution in [1.29, 1.82) is 0 Å². The fourth-order valence-corrected chi connectivity index (χ4v) is 3.37. The van der Waals surface area contributed by atoms with Crippen molar-refractivity contribution in [2.75, 3.05) is 44.7 Å². The molecule has 124 valence electrons. The average Bonchev–Trinajstić information content (AvgIpc) is 2.57. The lowest BCUT2D eigenvalue weighted by Crippen LogP contribution is -2.52. The predicted molar refractivity (Wildman–Crippen MR) is 90.6 cm³/mol. The van der Waals surface area contributed by atoms with Gasteiger partial charge in [0.2, 0.25) is 11.8 Å². The third-order valence-electron chi connectivity index (χ3n) is 4.79. The molecule has 0 N–H and O–H groups in total. The topological polar surface area (TPSA) is 43.9 Å². The highest BCUT2D eigenvalue weighted by molar-refractivity contribution is 6.30. The van der Waals surface area contributed by atoms with Gasteiger partial charge in [-0.05, 0) is 30.7 Å². The molecule has 1 unspecified atom stereocenters. The highest BCUT2D eigenvalue weighted by Gasteiger charge is 2.32. The van der Waals surface area contributed by atoms with E-state index in [0.717, 1.165) is 30.2 Å². The Morgan fingerprint density at radius 1 is 1.09 bits per heavy atom. The van der Waals surface area contributed by atoms with Gasteiger partial charge < -0.3 is 14.7 Å². The van der Waals surface area contributed by atoms with E-state index in [1.165, 1.54) is 0 Å². The van der Waals surface area contributed by atoms with Crippen LogP contribution in [0.4, 0.5) is 5.69 Å². The number of amides is 2. The second-order valence-electron chi connectivity index (χ2n) is 6.29. The number of hydrogen-bond acceptors (Lipinski definition) is 3. The van der Waals surface area contributed by atoms with Crippen molar-refractivity contribution in [3.8, 4) is 0 Å². The van der Waals surface area contributed by atoms with Gasteiger partial charge in [0, 0.05) is 62.8 Å². The summed E-state index contributed by atoms with van der Waals surface area (Å²) in [6.07, 6.45) is 1.13. The molecule has 0 radical (unpaired) electrons. The summed E-state index contributed by atoms with van der Waals surface area (Å²) in [7, 11) is 1.80. The lowest BCUT2D eigenvalue weighted by molar-refractivity contribution is -0.144. The zero-order chi connectivity index (χ0) is 16.4. The van der Waals surface area contributed by atoms with E-state index in [2.05, 4.69) is 4.90 Å². The Hall–Kier alpha value is -1.75. The molecule has 3 rings (SSSR count). The number of rotatable bonds is 2. The van der Waals surface area contributed by atoms with Crippen LogP contribution in [0.2, 0.25) is 5.02 Å². The highest BCUT2D eigenvalue weighted by atomic mass is 35.5. The summed E-state index contributed by atoms with van der Waals surface area (Å²) < 4.78 is 0. The van der Waals surface area contributed by atoms with Gasteiger partial charge in [-0.15, -0.1) is 0 Å². The largest absolute Gasteiger partial charge is 0.368 e. The van der Waals surface area contributed by atoms with Crippen LogP contribution in [0.15, 0.2) is 24.3 Å². The molecule has 23 heavy (non-hydrogen) atoms. The van der Waals surface area contributed by atoms with E-state index in [0.29, 0.717) is 26.1 Å². The molecule has 0 bridgehead atoms. The number of likely N-dealkylation sites (tertiary alicyclic amines) is 1. The molecule has 6 heteroatoms. The number of halogens is 1. The van der Waals surface area contributed by atoms with E-state index >= 15 is 0 Å². The van der Waals surface area contributed by atoms with Crippen LogP contribution in [0.5, 0.6) is 0 Å². The standard InChI is InChI=1S/C17H22ClN3O2/c1-19-7-6-13(12-16(19)22)17(23)21-10-8-20(9-11-21)15-4-2-14(18)3-5-15/h2-5,13H,6-12H2,1H3. The van der Waals surface area contributed by atoms with Gasteiger partial charge in [0.1, 0.15) is 0 Å². The van der Waals surface area contributed by atoms with E-state index < -0.39 is 0 Å². The van der Waals surface area contributed by atoms with Crippen LogP contribution in [0.25, 0.3) is 0 Å². The molecular weight excluding hydrogens is 314 g/mol. The van der Waals surface area contributed by atoms with Crippen LogP contribution in [0, 0.1) is 5.92 Å². The van der Waals surface area contributed by atoms with Gasteiger partial charge in [-0.1, -0.05) is 11.6 Å². The minimum atomic E-state index is -0.138. The molecule has 0 spiro atoms. The molecule has 0 saturated carbocycles. The zero-order valence-electron chi connectivity index (χ0n) is 13.4. The van der Waals surface area contributed by atoms with Gasteiger partial charge in [0.05, 0.1) is 0 Å². The van der Waals surface area contributed by atoms with Crippen molar-refractivity contribution in [2.45, 2.75) is 12.8 Å². The maximum absolute atomic E-state index is 12.6. The van der Waals surface area contributed by atoms with Gasteiger partial charge in [0.15, 0.2) is 0 Å². The normalized spacial score (nSPS) is 22.4. The second-order valence-corrected chi connectivity index (χ2v) is 6.73. The first-order valence-electron chi connectivity index (χ1n) is 8.08.